The second-order valence-corrected chi connectivity index (χ2v) is 14.3. The van der Waals surface area contributed by atoms with Crippen molar-refractivity contribution in [3.63, 3.8) is 0 Å². The molecule has 0 spiro atoms. The molecule has 3 aromatic carbocycles. The largest absolute Gasteiger partial charge is 0.489 e. The molecule has 0 radical (unpaired) electrons. The van der Waals surface area contributed by atoms with E-state index in [1.807, 2.05) is 56.3 Å². The van der Waals surface area contributed by atoms with Crippen LogP contribution in [0.1, 0.15) is 31.4 Å². The van der Waals surface area contributed by atoms with E-state index in [1.165, 1.54) is 18.2 Å². The summed E-state index contributed by atoms with van der Waals surface area (Å²) >= 11 is 0. The summed E-state index contributed by atoms with van der Waals surface area (Å²) in [6, 6.07) is 20.7. The first kappa shape index (κ1) is 35.2. The SMILES string of the molecule is CC(C)CN(C[C@@H](O)[C@H](Cc1ccc(OCc2ccccc2)cc1)NC(=O)O[C@H]1CO[C@H]2OCC[C@H]21)S(=O)(=O)c1cccc([N+](=O)[O-])c1. The Morgan fingerprint density at radius 1 is 1.04 bits per heavy atom. The number of aliphatic hydroxyl groups excluding tert-OH is 1. The molecule has 5 atom stereocenters. The number of rotatable bonds is 15. The standard InChI is InChI=1S/C34H41N3O10S/c1-23(2)19-36(48(42,43)28-10-6-9-26(18-28)37(40)41)20-31(38)30(35-34(39)47-32-22-46-33-29(32)15-16-44-33)17-24-11-13-27(14-12-24)45-21-25-7-4-3-5-8-25/h3-14,18,23,29-33,38H,15-17,19-22H2,1-2H3,(H,35,39)/t29-,30-,31+,32-,33+/m0/s1. The van der Waals surface area contributed by atoms with Crippen molar-refractivity contribution >= 4 is 21.8 Å². The lowest BCUT2D eigenvalue weighted by Crippen LogP contribution is -2.51. The number of sulfonamides is 1. The Labute approximate surface area is 280 Å². The number of aliphatic hydroxyl groups is 1. The summed E-state index contributed by atoms with van der Waals surface area (Å²) in [4.78, 5) is 23.6. The zero-order valence-corrected chi connectivity index (χ0v) is 27.7. The molecule has 3 aromatic rings. The van der Waals surface area contributed by atoms with E-state index in [0.29, 0.717) is 25.4 Å². The fourth-order valence-corrected chi connectivity index (χ4v) is 7.45. The van der Waals surface area contributed by atoms with Crippen LogP contribution in [0.2, 0.25) is 0 Å². The summed E-state index contributed by atoms with van der Waals surface area (Å²) in [7, 11) is -4.27. The maximum absolute atomic E-state index is 13.8. The number of nitro groups is 1. The minimum Gasteiger partial charge on any atom is -0.489 e. The average Bonchev–Trinajstić information content (AvgIpc) is 3.69. The normalized spacial score (nSPS) is 20.3. The third-order valence-electron chi connectivity index (χ3n) is 8.26. The van der Waals surface area contributed by atoms with Crippen LogP contribution >= 0.6 is 0 Å². The highest BCUT2D eigenvalue weighted by molar-refractivity contribution is 7.89. The first-order chi connectivity index (χ1) is 23.0. The van der Waals surface area contributed by atoms with Crippen LogP contribution in [0.5, 0.6) is 5.75 Å². The number of amides is 1. The van der Waals surface area contributed by atoms with Crippen LogP contribution in [0.4, 0.5) is 10.5 Å². The molecule has 2 heterocycles. The minimum absolute atomic E-state index is 0.0230. The van der Waals surface area contributed by atoms with E-state index >= 15 is 0 Å². The molecular formula is C34H41N3O10S. The van der Waals surface area contributed by atoms with Gasteiger partial charge in [-0.25, -0.2) is 13.2 Å². The van der Waals surface area contributed by atoms with Crippen molar-refractivity contribution in [2.24, 2.45) is 11.8 Å². The number of ether oxygens (including phenoxy) is 4. The quantitative estimate of drug-likeness (QED) is 0.174. The third kappa shape index (κ3) is 9.08. The lowest BCUT2D eigenvalue weighted by molar-refractivity contribution is -0.385. The fourth-order valence-electron chi connectivity index (χ4n) is 5.79. The van der Waals surface area contributed by atoms with Gasteiger partial charge in [-0.3, -0.25) is 10.1 Å². The predicted octanol–water partition coefficient (Wildman–Crippen LogP) is 4.28. The molecule has 0 saturated carbocycles. The van der Waals surface area contributed by atoms with Gasteiger partial charge in [-0.2, -0.15) is 4.31 Å². The molecule has 13 nitrogen and oxygen atoms in total. The van der Waals surface area contributed by atoms with Crippen molar-refractivity contribution in [2.45, 2.75) is 62.7 Å². The molecule has 0 aliphatic carbocycles. The van der Waals surface area contributed by atoms with Crippen LogP contribution in [0.3, 0.4) is 0 Å². The zero-order valence-electron chi connectivity index (χ0n) is 26.8. The molecule has 2 aliphatic rings. The third-order valence-corrected chi connectivity index (χ3v) is 10.1. The fraction of sp³-hybridized carbons (Fsp3) is 0.441. The molecule has 5 rings (SSSR count). The van der Waals surface area contributed by atoms with Crippen molar-refractivity contribution in [1.82, 2.24) is 9.62 Å². The topological polar surface area (TPSA) is 167 Å². The van der Waals surface area contributed by atoms with Gasteiger partial charge in [0.1, 0.15) is 18.5 Å². The number of nitro benzene ring substituents is 1. The van der Waals surface area contributed by atoms with Crippen LogP contribution < -0.4 is 10.1 Å². The van der Waals surface area contributed by atoms with Crippen LogP contribution in [0.15, 0.2) is 83.8 Å². The van der Waals surface area contributed by atoms with Crippen molar-refractivity contribution in [2.75, 3.05) is 26.3 Å². The average molecular weight is 684 g/mol. The van der Waals surface area contributed by atoms with Gasteiger partial charge in [-0.1, -0.05) is 62.4 Å². The van der Waals surface area contributed by atoms with E-state index in [-0.39, 0.29) is 42.0 Å². The van der Waals surface area contributed by atoms with E-state index in [2.05, 4.69) is 5.32 Å². The van der Waals surface area contributed by atoms with Crippen LogP contribution in [-0.4, -0.2) is 79.7 Å². The number of nitrogens with one attached hydrogen (secondary N) is 1. The lowest BCUT2D eigenvalue weighted by atomic mass is 10.0. The number of non-ortho nitro benzene ring substituents is 1. The van der Waals surface area contributed by atoms with E-state index in [4.69, 9.17) is 18.9 Å². The van der Waals surface area contributed by atoms with E-state index in [9.17, 15) is 28.4 Å². The first-order valence-electron chi connectivity index (χ1n) is 15.9. The number of nitrogens with zero attached hydrogens (tertiary/aromatic N) is 2. The summed E-state index contributed by atoms with van der Waals surface area (Å²) < 4.78 is 51.3. The van der Waals surface area contributed by atoms with Crippen molar-refractivity contribution in [3.8, 4) is 5.75 Å². The molecule has 48 heavy (non-hydrogen) atoms. The molecule has 0 bridgehead atoms. The van der Waals surface area contributed by atoms with Gasteiger partial charge in [0.2, 0.25) is 10.0 Å². The second-order valence-electron chi connectivity index (χ2n) is 12.4. The van der Waals surface area contributed by atoms with Crippen LogP contribution in [0.25, 0.3) is 0 Å². The Bertz CT molecular complexity index is 1640. The van der Waals surface area contributed by atoms with Crippen molar-refractivity contribution < 1.29 is 42.2 Å². The molecule has 1 amide bonds. The number of benzene rings is 3. The number of hydrogen-bond donors (Lipinski definition) is 2. The van der Waals surface area contributed by atoms with Gasteiger partial charge in [0.15, 0.2) is 6.29 Å². The van der Waals surface area contributed by atoms with E-state index in [0.717, 1.165) is 21.5 Å². The van der Waals surface area contributed by atoms with Gasteiger partial charge in [-0.15, -0.1) is 0 Å². The zero-order chi connectivity index (χ0) is 34.3. The van der Waals surface area contributed by atoms with Crippen LogP contribution in [-0.2, 0) is 37.3 Å². The molecule has 14 heteroatoms. The van der Waals surface area contributed by atoms with Gasteiger partial charge >= 0.3 is 6.09 Å². The monoisotopic (exact) mass is 683 g/mol. The van der Waals surface area contributed by atoms with Crippen molar-refractivity contribution in [1.29, 1.82) is 0 Å². The molecular weight excluding hydrogens is 642 g/mol. The van der Waals surface area contributed by atoms with Gasteiger partial charge in [-0.05, 0) is 48.1 Å². The Hall–Kier alpha value is -4.08. The maximum atomic E-state index is 13.8. The Morgan fingerprint density at radius 2 is 1.79 bits per heavy atom. The highest BCUT2D eigenvalue weighted by atomic mass is 32.2. The van der Waals surface area contributed by atoms with E-state index in [1.54, 1.807) is 12.1 Å². The summed E-state index contributed by atoms with van der Waals surface area (Å²) in [6.45, 7) is 4.35. The minimum atomic E-state index is -4.27. The highest BCUT2D eigenvalue weighted by Gasteiger charge is 2.44. The number of hydrogen-bond acceptors (Lipinski definition) is 10. The van der Waals surface area contributed by atoms with Gasteiger partial charge in [0.05, 0.1) is 41.1 Å². The Kier molecular flexibility index (Phi) is 11.7. The molecule has 2 fully saturated rings. The number of fused-ring (bicyclic) bond motifs is 1. The lowest BCUT2D eigenvalue weighted by Gasteiger charge is -2.31. The Balaban J connectivity index is 1.33. The Morgan fingerprint density at radius 3 is 2.50 bits per heavy atom. The molecule has 2 aliphatic heterocycles. The molecule has 258 valence electrons. The van der Waals surface area contributed by atoms with Gasteiger partial charge in [0, 0.05) is 25.2 Å². The van der Waals surface area contributed by atoms with Gasteiger partial charge in [0.25, 0.3) is 5.69 Å². The first-order valence-corrected chi connectivity index (χ1v) is 17.3. The van der Waals surface area contributed by atoms with E-state index < -0.39 is 52.1 Å². The number of carbonyl (C=O) groups is 1. The summed E-state index contributed by atoms with van der Waals surface area (Å²) in [5.74, 6) is 0.395. The molecule has 0 unspecified atom stereocenters. The molecule has 0 aromatic heterocycles. The summed E-state index contributed by atoms with van der Waals surface area (Å²) in [5.41, 5.74) is 1.39. The number of alkyl carbamates (subject to hydrolysis) is 1. The molecule has 2 N–H and O–H groups in total. The van der Waals surface area contributed by atoms with Crippen molar-refractivity contribution in [3.05, 3.63) is 100 Å². The van der Waals surface area contributed by atoms with Gasteiger partial charge < -0.3 is 29.4 Å². The summed E-state index contributed by atoms with van der Waals surface area (Å²) in [5, 5.41) is 25.7. The summed E-state index contributed by atoms with van der Waals surface area (Å²) in [6.07, 6.45) is -2.29. The predicted molar refractivity (Wildman–Crippen MR) is 175 cm³/mol. The molecule has 2 saturated heterocycles. The smallest absolute Gasteiger partial charge is 0.407 e. The van der Waals surface area contributed by atoms with Crippen LogP contribution in [0, 0.1) is 22.0 Å². The second kappa shape index (κ2) is 15.9. The maximum Gasteiger partial charge on any atom is 0.407 e. The number of carbonyl (C=O) groups excluding carboxylic acids is 1. The highest BCUT2D eigenvalue weighted by Crippen LogP contribution is 2.33.